The molecule has 9 heteroatoms. The summed E-state index contributed by atoms with van der Waals surface area (Å²) in [5.41, 5.74) is 0.174. The van der Waals surface area contributed by atoms with Crippen molar-refractivity contribution in [2.24, 2.45) is 0 Å². The first-order valence-corrected chi connectivity index (χ1v) is 11.1. The largest absolute Gasteiger partial charge is 0.497 e. The summed E-state index contributed by atoms with van der Waals surface area (Å²) in [4.78, 5) is 41.3. The maximum Gasteiger partial charge on any atom is 0.325 e. The maximum atomic E-state index is 13.2. The number of benzene rings is 3. The van der Waals surface area contributed by atoms with Gasteiger partial charge in [-0.1, -0.05) is 24.3 Å². The van der Waals surface area contributed by atoms with Gasteiger partial charge in [-0.05, 0) is 59.2 Å². The van der Waals surface area contributed by atoms with E-state index in [9.17, 15) is 14.4 Å². The van der Waals surface area contributed by atoms with E-state index in [1.165, 1.54) is 4.90 Å². The summed E-state index contributed by atoms with van der Waals surface area (Å²) in [6.07, 6.45) is 0. The van der Waals surface area contributed by atoms with Gasteiger partial charge in [0.15, 0.2) is 11.5 Å². The van der Waals surface area contributed by atoms with Gasteiger partial charge < -0.3 is 24.4 Å². The number of hydrogen-bond acceptors (Lipinski definition) is 6. The number of carbonyl (C=O) groups is 3. The predicted molar refractivity (Wildman–Crippen MR) is 127 cm³/mol. The minimum Gasteiger partial charge on any atom is -0.497 e. The van der Waals surface area contributed by atoms with Crippen LogP contribution >= 0.6 is 0 Å². The first-order valence-electron chi connectivity index (χ1n) is 11.1. The summed E-state index contributed by atoms with van der Waals surface area (Å²) >= 11 is 0. The molecular formula is C26H25N3O6. The fourth-order valence-electron chi connectivity index (χ4n) is 4.36. The van der Waals surface area contributed by atoms with Gasteiger partial charge in [-0.15, -0.1) is 0 Å². The minimum atomic E-state index is -1.31. The Morgan fingerprint density at radius 1 is 1.06 bits per heavy atom. The minimum absolute atomic E-state index is 0.105. The average Bonchev–Trinajstić information content (AvgIpc) is 3.41. The lowest BCUT2D eigenvalue weighted by Gasteiger charge is -2.23. The second kappa shape index (κ2) is 8.50. The monoisotopic (exact) mass is 475 g/mol. The van der Waals surface area contributed by atoms with Crippen molar-refractivity contribution < 1.29 is 28.6 Å². The first-order chi connectivity index (χ1) is 16.8. The molecule has 4 amide bonds. The van der Waals surface area contributed by atoms with Crippen LogP contribution in [0.2, 0.25) is 0 Å². The second-order valence-corrected chi connectivity index (χ2v) is 8.81. The van der Waals surface area contributed by atoms with E-state index < -0.39 is 17.5 Å². The van der Waals surface area contributed by atoms with Crippen molar-refractivity contribution in [1.29, 1.82) is 0 Å². The summed E-state index contributed by atoms with van der Waals surface area (Å²) in [6.45, 7) is 1.70. The molecule has 0 saturated carbocycles. The molecule has 9 nitrogen and oxygen atoms in total. The number of methoxy groups -OCH3 is 1. The number of likely N-dealkylation sites (N-methyl/N-ethyl adjacent to an activating group) is 1. The van der Waals surface area contributed by atoms with E-state index in [1.807, 2.05) is 36.4 Å². The van der Waals surface area contributed by atoms with Crippen molar-refractivity contribution in [3.8, 4) is 17.2 Å². The molecule has 2 heterocycles. The van der Waals surface area contributed by atoms with Gasteiger partial charge in [0.25, 0.3) is 5.91 Å². The smallest absolute Gasteiger partial charge is 0.325 e. The molecule has 1 N–H and O–H groups in total. The number of fused-ring (bicyclic) bond motifs is 2. The Bertz CT molecular complexity index is 1360. The van der Waals surface area contributed by atoms with E-state index in [1.54, 1.807) is 39.3 Å². The summed E-state index contributed by atoms with van der Waals surface area (Å²) in [7, 11) is 3.27. The number of hydrogen-bond donors (Lipinski definition) is 1. The molecule has 2 aliphatic rings. The average molecular weight is 476 g/mol. The van der Waals surface area contributed by atoms with Crippen molar-refractivity contribution in [3.05, 3.63) is 65.7 Å². The lowest BCUT2D eigenvalue weighted by molar-refractivity contribution is -0.138. The molecule has 1 atom stereocenters. The number of amides is 4. The molecule has 0 unspecified atom stereocenters. The van der Waals surface area contributed by atoms with Crippen molar-refractivity contribution in [1.82, 2.24) is 15.1 Å². The molecule has 1 fully saturated rings. The zero-order chi connectivity index (χ0) is 24.7. The molecule has 0 aromatic heterocycles. The fraction of sp³-hybridized carbons (Fsp3) is 0.269. The van der Waals surface area contributed by atoms with E-state index in [0.29, 0.717) is 23.6 Å². The number of imide groups is 1. The number of carbonyl (C=O) groups excluding carboxylic acids is 3. The van der Waals surface area contributed by atoms with E-state index in [-0.39, 0.29) is 19.2 Å². The van der Waals surface area contributed by atoms with Crippen molar-refractivity contribution in [2.75, 3.05) is 27.5 Å². The van der Waals surface area contributed by atoms with Gasteiger partial charge in [0.1, 0.15) is 17.8 Å². The van der Waals surface area contributed by atoms with Crippen molar-refractivity contribution in [3.63, 3.8) is 0 Å². The molecule has 0 radical (unpaired) electrons. The topological polar surface area (TPSA) is 97.4 Å². The number of ether oxygens (including phenoxy) is 3. The Hall–Kier alpha value is -4.27. The van der Waals surface area contributed by atoms with Crippen LogP contribution in [-0.2, 0) is 21.7 Å². The van der Waals surface area contributed by atoms with Crippen LogP contribution < -0.4 is 19.5 Å². The number of nitrogens with one attached hydrogen (secondary N) is 1. The van der Waals surface area contributed by atoms with Crippen LogP contribution in [0.15, 0.2) is 54.6 Å². The van der Waals surface area contributed by atoms with E-state index in [4.69, 9.17) is 14.2 Å². The van der Waals surface area contributed by atoms with Crippen LogP contribution in [0.25, 0.3) is 10.8 Å². The molecule has 0 spiro atoms. The Morgan fingerprint density at radius 3 is 2.60 bits per heavy atom. The molecule has 35 heavy (non-hydrogen) atoms. The van der Waals surface area contributed by atoms with Gasteiger partial charge in [0.05, 0.1) is 7.11 Å². The Kier molecular flexibility index (Phi) is 5.47. The normalized spacial score (nSPS) is 18.7. The lowest BCUT2D eigenvalue weighted by Crippen LogP contribution is -2.43. The molecule has 3 aromatic carbocycles. The highest BCUT2D eigenvalue weighted by Crippen LogP contribution is 2.37. The third-order valence-corrected chi connectivity index (χ3v) is 6.48. The summed E-state index contributed by atoms with van der Waals surface area (Å²) in [6, 6.07) is 16.2. The Balaban J connectivity index is 1.28. The van der Waals surface area contributed by atoms with Crippen molar-refractivity contribution in [2.45, 2.75) is 19.0 Å². The summed E-state index contributed by atoms with van der Waals surface area (Å²) < 4.78 is 16.0. The molecule has 180 valence electrons. The highest BCUT2D eigenvalue weighted by Gasteiger charge is 2.50. The molecular weight excluding hydrogens is 450 g/mol. The van der Waals surface area contributed by atoms with Crippen LogP contribution in [0.1, 0.15) is 18.1 Å². The van der Waals surface area contributed by atoms with Gasteiger partial charge in [0.2, 0.25) is 12.7 Å². The van der Waals surface area contributed by atoms with Crippen LogP contribution in [0, 0.1) is 0 Å². The summed E-state index contributed by atoms with van der Waals surface area (Å²) in [5.74, 6) is 1.02. The SMILES string of the molecule is COc1ccc2cc(CN(C)C(=O)CN3C(=O)N[C@](C)(c4ccc5c(c4)OCO5)C3=O)ccc2c1. The Morgan fingerprint density at radius 2 is 1.80 bits per heavy atom. The van der Waals surface area contributed by atoms with Crippen LogP contribution in [0.4, 0.5) is 4.79 Å². The molecule has 5 rings (SSSR count). The maximum absolute atomic E-state index is 13.2. The predicted octanol–water partition coefficient (Wildman–Crippen LogP) is 3.00. The van der Waals surface area contributed by atoms with Crippen molar-refractivity contribution >= 4 is 28.6 Å². The van der Waals surface area contributed by atoms with Crippen LogP contribution in [0.5, 0.6) is 17.2 Å². The quantitative estimate of drug-likeness (QED) is 0.551. The van der Waals surface area contributed by atoms with Crippen LogP contribution in [0.3, 0.4) is 0 Å². The van der Waals surface area contributed by atoms with Gasteiger partial charge in [0, 0.05) is 13.6 Å². The fourth-order valence-corrected chi connectivity index (χ4v) is 4.36. The van der Waals surface area contributed by atoms with E-state index in [2.05, 4.69) is 5.32 Å². The standard InChI is InChI=1S/C26H25N3O6/c1-26(19-7-9-21-22(12-19)35-15-34-21)24(31)29(25(32)27-26)14-23(30)28(2)13-16-4-5-18-11-20(33-3)8-6-17(18)10-16/h4-12H,13-15H2,1-3H3,(H,27,32)/t26-/m1/s1. The number of urea groups is 1. The third-order valence-electron chi connectivity index (χ3n) is 6.48. The van der Waals surface area contributed by atoms with E-state index in [0.717, 1.165) is 27.0 Å². The first kappa shape index (κ1) is 22.5. The van der Waals surface area contributed by atoms with Gasteiger partial charge in [-0.25, -0.2) is 4.79 Å². The zero-order valence-electron chi connectivity index (χ0n) is 19.7. The van der Waals surface area contributed by atoms with Crippen LogP contribution in [-0.4, -0.2) is 55.1 Å². The van der Waals surface area contributed by atoms with Gasteiger partial charge in [-0.2, -0.15) is 0 Å². The molecule has 0 bridgehead atoms. The Labute approximate surface area is 202 Å². The molecule has 3 aromatic rings. The van der Waals surface area contributed by atoms with E-state index >= 15 is 0 Å². The lowest BCUT2D eigenvalue weighted by atomic mass is 9.91. The highest BCUT2D eigenvalue weighted by atomic mass is 16.7. The number of rotatable bonds is 6. The summed E-state index contributed by atoms with van der Waals surface area (Å²) in [5, 5.41) is 4.78. The molecule has 1 saturated heterocycles. The molecule has 0 aliphatic carbocycles. The second-order valence-electron chi connectivity index (χ2n) is 8.81. The van der Waals surface area contributed by atoms with Gasteiger partial charge in [-0.3, -0.25) is 14.5 Å². The zero-order valence-corrected chi connectivity index (χ0v) is 19.7. The number of nitrogens with zero attached hydrogens (tertiary/aromatic N) is 2. The molecule has 2 aliphatic heterocycles. The third kappa shape index (κ3) is 3.99. The van der Waals surface area contributed by atoms with Gasteiger partial charge >= 0.3 is 6.03 Å². The highest BCUT2D eigenvalue weighted by molar-refractivity contribution is 6.09.